The third-order valence-electron chi connectivity index (χ3n) is 3.02. The van der Waals surface area contributed by atoms with Gasteiger partial charge in [0.1, 0.15) is 11.4 Å². The van der Waals surface area contributed by atoms with Gasteiger partial charge in [-0.15, -0.1) is 0 Å². The molecule has 0 saturated carbocycles. The Hall–Kier alpha value is -1.60. The predicted octanol–water partition coefficient (Wildman–Crippen LogP) is 1.63. The highest BCUT2D eigenvalue weighted by molar-refractivity contribution is 7.89. The topological polar surface area (TPSA) is 77.9 Å². The molecule has 1 N–H and O–H groups in total. The van der Waals surface area contributed by atoms with Crippen LogP contribution in [0.1, 0.15) is 20.8 Å². The first-order valence-corrected chi connectivity index (χ1v) is 7.93. The van der Waals surface area contributed by atoms with Gasteiger partial charge in [-0.25, -0.2) is 12.7 Å². The number of para-hydroxylation sites is 1. The first-order chi connectivity index (χ1) is 9.48. The predicted molar refractivity (Wildman–Crippen MR) is 82.0 cm³/mol. The maximum atomic E-state index is 12.4. The molecule has 0 aliphatic rings. The molecule has 0 unspecified atom stereocenters. The van der Waals surface area contributed by atoms with E-state index in [4.69, 9.17) is 5.11 Å². The fourth-order valence-corrected chi connectivity index (χ4v) is 3.00. The average molecular weight is 314 g/mol. The van der Waals surface area contributed by atoms with Crippen molar-refractivity contribution >= 4 is 21.7 Å². The van der Waals surface area contributed by atoms with Gasteiger partial charge < -0.3 is 10.0 Å². The van der Waals surface area contributed by atoms with Gasteiger partial charge in [-0.2, -0.15) is 0 Å². The zero-order valence-corrected chi connectivity index (χ0v) is 13.8. The van der Waals surface area contributed by atoms with Crippen LogP contribution in [0.3, 0.4) is 0 Å². The van der Waals surface area contributed by atoms with Gasteiger partial charge >= 0.3 is 5.97 Å². The zero-order valence-electron chi connectivity index (χ0n) is 13.0. The molecule has 0 radical (unpaired) electrons. The van der Waals surface area contributed by atoms with Gasteiger partial charge in [-0.05, 0) is 32.9 Å². The van der Waals surface area contributed by atoms with Crippen LogP contribution in [0.5, 0.6) is 0 Å². The summed E-state index contributed by atoms with van der Waals surface area (Å²) < 4.78 is 26.0. The lowest BCUT2D eigenvalue weighted by Gasteiger charge is -2.37. The van der Waals surface area contributed by atoms with Gasteiger partial charge in [0, 0.05) is 19.6 Å². The Balaban J connectivity index is 3.51. The molecule has 7 heteroatoms. The lowest BCUT2D eigenvalue weighted by atomic mass is 10.0. The average Bonchev–Trinajstić information content (AvgIpc) is 2.34. The van der Waals surface area contributed by atoms with E-state index in [-0.39, 0.29) is 11.4 Å². The van der Waals surface area contributed by atoms with Crippen LogP contribution in [0.2, 0.25) is 0 Å². The van der Waals surface area contributed by atoms with Crippen molar-refractivity contribution in [3.05, 3.63) is 24.3 Å². The summed E-state index contributed by atoms with van der Waals surface area (Å²) in [4.78, 5) is 12.8. The number of nitrogens with zero attached hydrogens (tertiary/aromatic N) is 2. The Morgan fingerprint density at radius 2 is 1.71 bits per heavy atom. The van der Waals surface area contributed by atoms with Crippen molar-refractivity contribution in [2.24, 2.45) is 0 Å². The normalized spacial score (nSPS) is 12.5. The summed E-state index contributed by atoms with van der Waals surface area (Å²) in [7, 11) is -0.752. The second kappa shape index (κ2) is 6.03. The fraction of sp³-hybridized carbons (Fsp3) is 0.500. The first-order valence-electron chi connectivity index (χ1n) is 6.49. The van der Waals surface area contributed by atoms with E-state index in [1.807, 2.05) is 20.8 Å². The molecular formula is C14H22N2O4S. The van der Waals surface area contributed by atoms with Gasteiger partial charge in [0.15, 0.2) is 0 Å². The molecule has 0 bridgehead atoms. The molecule has 0 aromatic heterocycles. The van der Waals surface area contributed by atoms with E-state index in [2.05, 4.69) is 0 Å². The van der Waals surface area contributed by atoms with Gasteiger partial charge in [0.2, 0.25) is 10.0 Å². The number of hydrogen-bond acceptors (Lipinski definition) is 4. The van der Waals surface area contributed by atoms with Gasteiger partial charge in [0.25, 0.3) is 0 Å². The van der Waals surface area contributed by atoms with E-state index in [0.29, 0.717) is 5.69 Å². The molecule has 118 valence electrons. The molecule has 0 aliphatic carbocycles. The smallest absolute Gasteiger partial charge is 0.323 e. The summed E-state index contributed by atoms with van der Waals surface area (Å²) in [5.74, 6) is -1.01. The van der Waals surface area contributed by atoms with Crippen LogP contribution in [0.15, 0.2) is 29.2 Å². The number of carbonyl (C=O) groups is 1. The van der Waals surface area contributed by atoms with E-state index in [0.717, 1.165) is 4.31 Å². The van der Waals surface area contributed by atoms with E-state index in [1.165, 1.54) is 20.2 Å². The lowest BCUT2D eigenvalue weighted by molar-refractivity contribution is -0.135. The van der Waals surface area contributed by atoms with Crippen molar-refractivity contribution in [1.82, 2.24) is 4.31 Å². The quantitative estimate of drug-likeness (QED) is 0.893. The molecule has 1 aromatic rings. The maximum Gasteiger partial charge on any atom is 0.323 e. The number of rotatable bonds is 5. The van der Waals surface area contributed by atoms with Crippen LogP contribution in [-0.2, 0) is 14.8 Å². The monoisotopic (exact) mass is 314 g/mol. The number of carboxylic acids is 1. The van der Waals surface area contributed by atoms with Crippen molar-refractivity contribution in [2.75, 3.05) is 25.5 Å². The molecule has 0 saturated heterocycles. The molecule has 0 aliphatic heterocycles. The summed E-state index contributed by atoms with van der Waals surface area (Å²) in [5.41, 5.74) is -0.142. The van der Waals surface area contributed by atoms with Crippen LogP contribution in [0.4, 0.5) is 5.69 Å². The van der Waals surface area contributed by atoms with E-state index in [9.17, 15) is 13.2 Å². The van der Waals surface area contributed by atoms with Crippen LogP contribution in [-0.4, -0.2) is 50.0 Å². The number of sulfonamides is 1. The highest BCUT2D eigenvalue weighted by atomic mass is 32.2. The molecule has 0 fully saturated rings. The van der Waals surface area contributed by atoms with Crippen LogP contribution in [0, 0.1) is 0 Å². The minimum Gasteiger partial charge on any atom is -0.480 e. The Bertz CT molecular complexity index is 618. The molecule has 1 aromatic carbocycles. The summed E-state index contributed by atoms with van der Waals surface area (Å²) in [6.45, 7) is 5.25. The van der Waals surface area contributed by atoms with Crippen LogP contribution in [0.25, 0.3) is 0 Å². The number of benzene rings is 1. The SMILES string of the molecule is CN(C)S(=O)(=O)c1ccccc1N(CC(=O)O)C(C)(C)C. The van der Waals surface area contributed by atoms with Crippen molar-refractivity contribution in [3.63, 3.8) is 0 Å². The summed E-state index contributed by atoms with van der Waals surface area (Å²) >= 11 is 0. The molecule has 0 atom stereocenters. The standard InChI is InChI=1S/C14H22N2O4S/c1-14(2,3)16(10-13(17)18)11-8-6-7-9-12(11)21(19,20)15(4)5/h6-9H,10H2,1-5H3,(H,17,18). The van der Waals surface area contributed by atoms with Crippen LogP contribution < -0.4 is 4.90 Å². The van der Waals surface area contributed by atoms with E-state index >= 15 is 0 Å². The Morgan fingerprint density at radius 3 is 2.14 bits per heavy atom. The summed E-state index contributed by atoms with van der Waals surface area (Å²) in [6, 6.07) is 6.45. The van der Waals surface area contributed by atoms with Crippen molar-refractivity contribution in [3.8, 4) is 0 Å². The molecule has 0 heterocycles. The minimum absolute atomic E-state index is 0.103. The zero-order chi connectivity index (χ0) is 16.4. The van der Waals surface area contributed by atoms with E-state index < -0.39 is 21.5 Å². The fourth-order valence-electron chi connectivity index (χ4n) is 1.91. The van der Waals surface area contributed by atoms with Gasteiger partial charge in [-0.1, -0.05) is 12.1 Å². The summed E-state index contributed by atoms with van der Waals surface area (Å²) in [5, 5.41) is 9.11. The second-order valence-corrected chi connectivity index (χ2v) is 8.03. The van der Waals surface area contributed by atoms with Crippen molar-refractivity contribution < 1.29 is 18.3 Å². The highest BCUT2D eigenvalue weighted by Crippen LogP contribution is 2.31. The molecule has 1 rings (SSSR count). The number of carboxylic acid groups (broad SMARTS) is 1. The van der Waals surface area contributed by atoms with Crippen LogP contribution >= 0.6 is 0 Å². The second-order valence-electron chi connectivity index (χ2n) is 5.91. The largest absolute Gasteiger partial charge is 0.480 e. The number of hydrogen-bond donors (Lipinski definition) is 1. The molecular weight excluding hydrogens is 292 g/mol. The van der Waals surface area contributed by atoms with Crippen molar-refractivity contribution in [1.29, 1.82) is 0 Å². The minimum atomic E-state index is -3.65. The molecule has 0 amide bonds. The lowest BCUT2D eigenvalue weighted by Crippen LogP contribution is -2.45. The Labute approximate surface area is 126 Å². The third-order valence-corrected chi connectivity index (χ3v) is 4.88. The molecule has 6 nitrogen and oxygen atoms in total. The highest BCUT2D eigenvalue weighted by Gasteiger charge is 2.30. The summed E-state index contributed by atoms with van der Waals surface area (Å²) in [6.07, 6.45) is 0. The number of aliphatic carboxylic acids is 1. The third kappa shape index (κ3) is 3.95. The first kappa shape index (κ1) is 17.5. The Kier molecular flexibility index (Phi) is 5.01. The maximum absolute atomic E-state index is 12.4. The van der Waals surface area contributed by atoms with Crippen molar-refractivity contribution in [2.45, 2.75) is 31.2 Å². The van der Waals surface area contributed by atoms with Gasteiger partial charge in [0.05, 0.1) is 5.69 Å². The number of anilines is 1. The van der Waals surface area contributed by atoms with E-state index in [1.54, 1.807) is 23.1 Å². The Morgan fingerprint density at radius 1 is 1.19 bits per heavy atom. The van der Waals surface area contributed by atoms with Gasteiger partial charge in [-0.3, -0.25) is 4.79 Å². The molecule has 0 spiro atoms. The molecule has 21 heavy (non-hydrogen) atoms.